The topological polar surface area (TPSA) is 135 Å². The van der Waals surface area contributed by atoms with Gasteiger partial charge in [0.05, 0.1) is 30.6 Å². The van der Waals surface area contributed by atoms with Crippen molar-refractivity contribution in [3.05, 3.63) is 81.6 Å². The second kappa shape index (κ2) is 13.1. The van der Waals surface area contributed by atoms with E-state index in [1.165, 1.54) is 15.8 Å². The first-order valence-electron chi connectivity index (χ1n) is 14.5. The molecule has 3 amide bonds. The number of aromatic nitrogens is 2. The summed E-state index contributed by atoms with van der Waals surface area (Å²) in [7, 11) is 0. The number of nitrogens with one attached hydrogen (secondary N) is 2. The van der Waals surface area contributed by atoms with E-state index in [2.05, 4.69) is 15.7 Å². The number of carbonyl (C=O) groups excluding carboxylic acids is 3. The molecule has 3 aromatic rings. The third kappa shape index (κ3) is 7.43. The van der Waals surface area contributed by atoms with Crippen molar-refractivity contribution in [2.75, 3.05) is 18.1 Å². The average molecular weight is 681 g/mol. The highest BCUT2D eigenvalue weighted by molar-refractivity contribution is 6.34. The van der Waals surface area contributed by atoms with Crippen LogP contribution >= 0.6 is 23.2 Å². The minimum atomic E-state index is -2.30. The molecule has 4 atom stereocenters. The molecule has 0 bridgehead atoms. The normalized spacial score (nSPS) is 23.3. The van der Waals surface area contributed by atoms with Crippen LogP contribution in [0.2, 0.25) is 10.0 Å². The quantitative estimate of drug-likeness (QED) is 0.304. The van der Waals surface area contributed by atoms with Gasteiger partial charge in [-0.1, -0.05) is 23.2 Å². The van der Waals surface area contributed by atoms with Crippen LogP contribution in [0.5, 0.6) is 0 Å². The van der Waals surface area contributed by atoms with Crippen molar-refractivity contribution in [3.8, 4) is 0 Å². The minimum Gasteiger partial charge on any atom is -0.444 e. The predicted molar refractivity (Wildman–Crippen MR) is 164 cm³/mol. The largest absolute Gasteiger partial charge is 0.444 e. The van der Waals surface area contributed by atoms with Gasteiger partial charge in [-0.2, -0.15) is 5.10 Å². The van der Waals surface area contributed by atoms with Crippen LogP contribution in [0.25, 0.3) is 0 Å². The molecule has 46 heavy (non-hydrogen) atoms. The van der Waals surface area contributed by atoms with Gasteiger partial charge in [0.2, 0.25) is 5.60 Å². The van der Waals surface area contributed by atoms with Gasteiger partial charge in [-0.05, 0) is 69.2 Å². The first-order chi connectivity index (χ1) is 21.6. The first kappa shape index (κ1) is 33.6. The summed E-state index contributed by atoms with van der Waals surface area (Å²) in [5.74, 6) is -3.04. The zero-order chi connectivity index (χ0) is 33.4. The summed E-state index contributed by atoms with van der Waals surface area (Å²) >= 11 is 12.0. The van der Waals surface area contributed by atoms with E-state index in [1.54, 1.807) is 45.2 Å². The summed E-state index contributed by atoms with van der Waals surface area (Å²) in [4.78, 5) is 40.2. The fourth-order valence-corrected chi connectivity index (χ4v) is 6.07. The predicted octanol–water partition coefficient (Wildman–Crippen LogP) is 4.85. The Morgan fingerprint density at radius 3 is 2.59 bits per heavy atom. The molecule has 0 spiro atoms. The van der Waals surface area contributed by atoms with E-state index in [4.69, 9.17) is 32.7 Å². The van der Waals surface area contributed by atoms with Gasteiger partial charge in [-0.15, -0.1) is 0 Å². The molecule has 3 heterocycles. The minimum absolute atomic E-state index is 0.00662. The number of benzene rings is 2. The Bertz CT molecular complexity index is 1630. The van der Waals surface area contributed by atoms with Crippen molar-refractivity contribution in [3.63, 3.8) is 0 Å². The SMILES string of the molecule is CC(C)(C)OC(=O)N[C@H]1C[C@@H](n2cc(N3CCC(O)(C(=O)NCc4cc(Cl)cc(Cl)c4)C3=O)cn2)CO[C@@H]1c1cc(F)ccc1F. The lowest BCUT2D eigenvalue weighted by Crippen LogP contribution is -2.52. The zero-order valence-corrected chi connectivity index (χ0v) is 26.7. The highest BCUT2D eigenvalue weighted by Gasteiger charge is 2.52. The van der Waals surface area contributed by atoms with Gasteiger partial charge in [-0.3, -0.25) is 14.3 Å². The molecule has 3 N–H and O–H groups in total. The number of ether oxygens (including phenoxy) is 2. The summed E-state index contributed by atoms with van der Waals surface area (Å²) in [5, 5.41) is 21.5. The van der Waals surface area contributed by atoms with Gasteiger partial charge in [0.1, 0.15) is 23.3 Å². The molecule has 2 aliphatic heterocycles. The third-order valence-electron chi connectivity index (χ3n) is 7.65. The fraction of sp³-hybridized carbons (Fsp3) is 0.419. The first-order valence-corrected chi connectivity index (χ1v) is 15.3. The molecule has 2 aromatic carbocycles. The molecule has 1 unspecified atom stereocenters. The van der Waals surface area contributed by atoms with Crippen LogP contribution in [0.3, 0.4) is 0 Å². The molecule has 0 radical (unpaired) electrons. The molecule has 0 saturated carbocycles. The number of hydrogen-bond donors (Lipinski definition) is 3. The van der Waals surface area contributed by atoms with Gasteiger partial charge in [0, 0.05) is 41.3 Å². The fourth-order valence-electron chi connectivity index (χ4n) is 5.50. The number of amides is 3. The average Bonchev–Trinajstić information content (AvgIpc) is 3.57. The summed E-state index contributed by atoms with van der Waals surface area (Å²) in [5.41, 5.74) is -2.25. The van der Waals surface area contributed by atoms with Gasteiger partial charge >= 0.3 is 6.09 Å². The highest BCUT2D eigenvalue weighted by Crippen LogP contribution is 2.36. The van der Waals surface area contributed by atoms with Crippen molar-refractivity contribution in [2.24, 2.45) is 0 Å². The second-order valence-electron chi connectivity index (χ2n) is 12.3. The number of hydrogen-bond acceptors (Lipinski definition) is 7. The Morgan fingerprint density at radius 2 is 1.89 bits per heavy atom. The molecular formula is C31H33Cl2F2N5O6. The zero-order valence-electron chi connectivity index (χ0n) is 25.2. The lowest BCUT2D eigenvalue weighted by molar-refractivity contribution is -0.149. The number of rotatable bonds is 7. The molecule has 246 valence electrons. The van der Waals surface area contributed by atoms with E-state index >= 15 is 0 Å². The van der Waals surface area contributed by atoms with Crippen molar-refractivity contribution in [1.29, 1.82) is 0 Å². The van der Waals surface area contributed by atoms with E-state index < -0.39 is 58.9 Å². The second-order valence-corrected chi connectivity index (χ2v) is 13.1. The van der Waals surface area contributed by atoms with Crippen molar-refractivity contribution < 1.29 is 37.7 Å². The summed E-state index contributed by atoms with van der Waals surface area (Å²) < 4.78 is 41.7. The standard InChI is InChI=1S/C31H33Cl2F2N5O6/c1-30(2,3)46-29(43)38-25-12-21(16-45-26(25)23-11-20(34)4-5-24(23)35)40-15-22(14-37-40)39-7-6-31(44,28(39)42)27(41)36-13-17-8-18(32)10-19(33)9-17/h4-5,8-11,14-15,21,25-26,44H,6-7,12-13,16H2,1-3H3,(H,36,41)(H,38,43)/t21-,25+,26-,31?/m1/s1. The van der Waals surface area contributed by atoms with Crippen molar-refractivity contribution in [2.45, 2.75) is 69.5 Å². The van der Waals surface area contributed by atoms with E-state index in [9.17, 15) is 28.3 Å². The molecule has 0 aliphatic carbocycles. The number of carbonyl (C=O) groups is 3. The number of nitrogens with zero attached hydrogens (tertiary/aromatic N) is 3. The lowest BCUT2D eigenvalue weighted by atomic mass is 9.93. The van der Waals surface area contributed by atoms with Crippen molar-refractivity contribution in [1.82, 2.24) is 20.4 Å². The monoisotopic (exact) mass is 679 g/mol. The molecule has 2 saturated heterocycles. The summed E-state index contributed by atoms with van der Waals surface area (Å²) in [6, 6.07) is 6.43. The Balaban J connectivity index is 1.29. The highest BCUT2D eigenvalue weighted by atomic mass is 35.5. The van der Waals surface area contributed by atoms with E-state index in [-0.39, 0.29) is 38.1 Å². The maximum Gasteiger partial charge on any atom is 0.407 e. The van der Waals surface area contributed by atoms with Crippen LogP contribution in [0.15, 0.2) is 48.8 Å². The lowest BCUT2D eigenvalue weighted by Gasteiger charge is -2.37. The number of halogens is 4. The van der Waals surface area contributed by atoms with Crippen molar-refractivity contribution >= 4 is 46.8 Å². The molecule has 5 rings (SSSR count). The Morgan fingerprint density at radius 1 is 1.17 bits per heavy atom. The van der Waals surface area contributed by atoms with Crippen LogP contribution < -0.4 is 15.5 Å². The van der Waals surface area contributed by atoms with Gasteiger partial charge < -0.3 is 30.1 Å². The summed E-state index contributed by atoms with van der Waals surface area (Å²) in [6.45, 7) is 5.14. The third-order valence-corrected chi connectivity index (χ3v) is 8.08. The number of anilines is 1. The maximum atomic E-state index is 14.8. The smallest absolute Gasteiger partial charge is 0.407 e. The molecule has 15 heteroatoms. The molecule has 11 nitrogen and oxygen atoms in total. The molecular weight excluding hydrogens is 647 g/mol. The van der Waals surface area contributed by atoms with Crippen LogP contribution in [0.1, 0.15) is 56.9 Å². The van der Waals surface area contributed by atoms with E-state index in [0.717, 1.165) is 18.2 Å². The maximum absolute atomic E-state index is 14.8. The molecule has 1 aromatic heterocycles. The summed E-state index contributed by atoms with van der Waals surface area (Å²) in [6.07, 6.45) is 1.21. The molecule has 2 aliphatic rings. The van der Waals surface area contributed by atoms with E-state index in [1.807, 2.05) is 0 Å². The van der Waals surface area contributed by atoms with E-state index in [0.29, 0.717) is 21.3 Å². The van der Waals surface area contributed by atoms with Gasteiger partial charge in [0.25, 0.3) is 11.8 Å². The Kier molecular flexibility index (Phi) is 9.60. The Labute approximate surface area is 273 Å². The number of alkyl carbamates (subject to hydrolysis) is 1. The van der Waals surface area contributed by atoms with Crippen LogP contribution in [0, 0.1) is 11.6 Å². The van der Waals surface area contributed by atoms with Crippen LogP contribution in [-0.2, 0) is 25.6 Å². The van der Waals surface area contributed by atoms with Gasteiger partial charge in [0.15, 0.2) is 0 Å². The van der Waals surface area contributed by atoms with Crippen LogP contribution in [-0.4, -0.2) is 63.2 Å². The Hall–Kier alpha value is -3.78. The molecule has 2 fully saturated rings. The van der Waals surface area contributed by atoms with Crippen LogP contribution in [0.4, 0.5) is 19.3 Å². The number of aliphatic hydroxyl groups is 1. The van der Waals surface area contributed by atoms with Gasteiger partial charge in [-0.25, -0.2) is 13.6 Å².